The van der Waals surface area contributed by atoms with Gasteiger partial charge in [-0.05, 0) is 42.4 Å². The lowest BCUT2D eigenvalue weighted by atomic mass is 10.2. The van der Waals surface area contributed by atoms with Crippen LogP contribution in [0.3, 0.4) is 0 Å². The number of aromatic nitrogens is 1. The summed E-state index contributed by atoms with van der Waals surface area (Å²) in [5.41, 5.74) is 4.10. The topological polar surface area (TPSA) is 131 Å². The molecule has 2 rings (SSSR count). The molecular formula is C17H25N7O2S2. The van der Waals surface area contributed by atoms with Gasteiger partial charge in [0.25, 0.3) is 0 Å². The molecule has 1 heterocycles. The van der Waals surface area contributed by atoms with E-state index in [0.717, 1.165) is 24.3 Å². The largest absolute Gasteiger partial charge is 0.326 e. The highest BCUT2D eigenvalue weighted by Crippen LogP contribution is 2.30. The molecule has 1 amide bonds. The average molecular weight is 424 g/mol. The highest BCUT2D eigenvalue weighted by molar-refractivity contribution is 8.15. The van der Waals surface area contributed by atoms with E-state index in [9.17, 15) is 4.79 Å². The maximum Gasteiger partial charge on any atom is 0.224 e. The molecule has 0 aliphatic carbocycles. The Morgan fingerprint density at radius 3 is 2.75 bits per heavy atom. The lowest BCUT2D eigenvalue weighted by Crippen LogP contribution is -2.36. The van der Waals surface area contributed by atoms with Gasteiger partial charge in [0.1, 0.15) is 5.00 Å². The highest BCUT2D eigenvalue weighted by atomic mass is 32.2. The molecule has 0 spiro atoms. The molecule has 0 radical (unpaired) electrons. The number of carbonyl (C=O) groups is 1. The molecule has 0 bridgehead atoms. The smallest absolute Gasteiger partial charge is 0.224 e. The van der Waals surface area contributed by atoms with Crippen LogP contribution in [0.15, 0.2) is 39.9 Å². The van der Waals surface area contributed by atoms with Gasteiger partial charge in [-0.3, -0.25) is 20.1 Å². The van der Waals surface area contributed by atoms with Crippen LogP contribution in [0.1, 0.15) is 32.6 Å². The molecule has 0 aliphatic rings. The van der Waals surface area contributed by atoms with E-state index in [1.807, 2.05) is 0 Å². The first kappa shape index (κ1) is 22.0. The number of amides is 1. The van der Waals surface area contributed by atoms with Gasteiger partial charge < -0.3 is 11.2 Å². The number of hydrogen-bond acceptors (Lipinski definition) is 9. The van der Waals surface area contributed by atoms with E-state index in [2.05, 4.69) is 27.8 Å². The minimum absolute atomic E-state index is 0.00909. The van der Waals surface area contributed by atoms with Crippen molar-refractivity contribution >= 4 is 50.5 Å². The van der Waals surface area contributed by atoms with Crippen molar-refractivity contribution in [1.29, 1.82) is 0 Å². The van der Waals surface area contributed by atoms with Crippen molar-refractivity contribution in [2.45, 2.75) is 36.9 Å². The maximum absolute atomic E-state index is 11.9. The lowest BCUT2D eigenvalue weighted by molar-refractivity contribution is -0.116. The molecule has 6 N–H and O–H groups in total. The van der Waals surface area contributed by atoms with Crippen molar-refractivity contribution in [2.24, 2.45) is 16.8 Å². The number of nitrogens with one attached hydrogen (secondary N) is 2. The zero-order valence-corrected chi connectivity index (χ0v) is 17.5. The summed E-state index contributed by atoms with van der Waals surface area (Å²) in [5, 5.41) is 9.12. The Kier molecular flexibility index (Phi) is 9.01. The number of hydrogen-bond donors (Lipinski definition) is 4. The minimum Gasteiger partial charge on any atom is -0.326 e. The Morgan fingerprint density at radius 2 is 2.11 bits per heavy atom. The van der Waals surface area contributed by atoms with Crippen LogP contribution in [0, 0.1) is 0 Å². The number of unbranched alkanes of at least 4 members (excludes halogenated alkanes) is 2. The zero-order valence-electron chi connectivity index (χ0n) is 15.8. The summed E-state index contributed by atoms with van der Waals surface area (Å²) in [7, 11) is 1.53. The summed E-state index contributed by atoms with van der Waals surface area (Å²) in [5.74, 6) is 11.7. The van der Waals surface area contributed by atoms with Gasteiger partial charge in [-0.1, -0.05) is 31.1 Å². The zero-order chi connectivity index (χ0) is 20.4. The second kappa shape index (κ2) is 11.5. The summed E-state index contributed by atoms with van der Waals surface area (Å²) in [6.45, 7) is 2.11. The van der Waals surface area contributed by atoms with Crippen LogP contribution in [0.25, 0.3) is 0 Å². The number of hydrazine groups is 1. The fraction of sp³-hybridized carbons (Fsp3) is 0.353. The number of nitrogens with zero attached hydrogens (tertiary/aromatic N) is 3. The fourth-order valence-electron chi connectivity index (χ4n) is 2.24. The van der Waals surface area contributed by atoms with E-state index in [0.29, 0.717) is 27.3 Å². The summed E-state index contributed by atoms with van der Waals surface area (Å²) in [6.07, 6.45) is 5.19. The number of anilines is 3. The number of nitrogens with two attached hydrogens (primary N) is 2. The molecule has 0 atom stereocenters. The van der Waals surface area contributed by atoms with E-state index < -0.39 is 0 Å². The van der Waals surface area contributed by atoms with Gasteiger partial charge in [-0.25, -0.2) is 10.8 Å². The third-order valence-corrected chi connectivity index (χ3v) is 5.57. The van der Waals surface area contributed by atoms with Crippen LogP contribution < -0.4 is 27.5 Å². The van der Waals surface area contributed by atoms with Crippen molar-refractivity contribution in [3.8, 4) is 0 Å². The summed E-state index contributed by atoms with van der Waals surface area (Å²) >= 11 is 2.61. The maximum atomic E-state index is 11.9. The quantitative estimate of drug-likeness (QED) is 0.121. The van der Waals surface area contributed by atoms with Gasteiger partial charge >= 0.3 is 0 Å². The van der Waals surface area contributed by atoms with E-state index in [-0.39, 0.29) is 5.91 Å². The van der Waals surface area contributed by atoms with Crippen LogP contribution in [0.4, 0.5) is 16.4 Å². The summed E-state index contributed by atoms with van der Waals surface area (Å²) < 4.78 is 0.704. The van der Waals surface area contributed by atoms with Crippen molar-refractivity contribution in [3.63, 3.8) is 0 Å². The van der Waals surface area contributed by atoms with Gasteiger partial charge in [-0.2, -0.15) is 5.10 Å². The lowest BCUT2D eigenvalue weighted by Gasteiger charge is -2.19. The molecule has 0 saturated heterocycles. The number of thioether (sulfide) groups is 1. The number of rotatable bonds is 9. The normalized spacial score (nSPS) is 11.3. The molecule has 2 aromatic rings. The summed E-state index contributed by atoms with van der Waals surface area (Å²) in [6, 6.07) is 7.14. The van der Waals surface area contributed by atoms with Crippen molar-refractivity contribution in [1.82, 2.24) is 4.98 Å². The van der Waals surface area contributed by atoms with E-state index in [4.69, 9.17) is 16.5 Å². The molecule has 0 aliphatic heterocycles. The first-order valence-corrected chi connectivity index (χ1v) is 10.4. The first-order chi connectivity index (χ1) is 13.6. The predicted octanol–water partition coefficient (Wildman–Crippen LogP) is 3.34. The standard InChI is InChI=1S/C17H25N7O2S2/c1-3-4-5-6-14(25)21-12-7-9-13(10-8-12)24(19)16(22-18)28-17-20-11-15(27-17)23-26-2/h7-11,23H,3-6,18-19H2,1-2H3,(H,21,25)/b22-16+. The Labute approximate surface area is 172 Å². The molecule has 152 valence electrons. The fourth-order valence-corrected chi connectivity index (χ4v) is 3.95. The van der Waals surface area contributed by atoms with Crippen LogP contribution in [0.5, 0.6) is 0 Å². The van der Waals surface area contributed by atoms with Gasteiger partial charge in [-0.15, -0.1) is 0 Å². The number of carbonyl (C=O) groups excluding carboxylic acids is 1. The Bertz CT molecular complexity index is 780. The Balaban J connectivity index is 1.95. The highest BCUT2D eigenvalue weighted by Gasteiger charge is 2.15. The molecule has 0 unspecified atom stereocenters. The molecule has 1 aromatic heterocycles. The van der Waals surface area contributed by atoms with Gasteiger partial charge in [0, 0.05) is 12.1 Å². The number of hydrazone groups is 1. The van der Waals surface area contributed by atoms with Gasteiger partial charge in [0.15, 0.2) is 4.34 Å². The molecule has 0 saturated carbocycles. The van der Waals surface area contributed by atoms with Crippen molar-refractivity contribution in [2.75, 3.05) is 22.9 Å². The van der Waals surface area contributed by atoms with Crippen LogP contribution in [-0.2, 0) is 9.63 Å². The van der Waals surface area contributed by atoms with Crippen LogP contribution >= 0.6 is 23.1 Å². The van der Waals surface area contributed by atoms with E-state index in [1.54, 1.807) is 30.5 Å². The molecule has 28 heavy (non-hydrogen) atoms. The number of thiazole rings is 1. The number of amidine groups is 1. The van der Waals surface area contributed by atoms with Gasteiger partial charge in [0.05, 0.1) is 19.0 Å². The molecule has 1 aromatic carbocycles. The second-order valence-corrected chi connectivity index (χ2v) is 7.98. The van der Waals surface area contributed by atoms with E-state index in [1.165, 1.54) is 35.2 Å². The Hall–Kier alpha value is -2.34. The summed E-state index contributed by atoms with van der Waals surface area (Å²) in [4.78, 5) is 21.0. The van der Waals surface area contributed by atoms with Gasteiger partial charge in [0.2, 0.25) is 11.1 Å². The predicted molar refractivity (Wildman–Crippen MR) is 116 cm³/mol. The monoisotopic (exact) mass is 423 g/mol. The Morgan fingerprint density at radius 1 is 1.36 bits per heavy atom. The second-order valence-electron chi connectivity index (χ2n) is 5.73. The molecular weight excluding hydrogens is 398 g/mol. The molecule has 0 fully saturated rings. The van der Waals surface area contributed by atoms with Crippen molar-refractivity contribution < 1.29 is 9.63 Å². The van der Waals surface area contributed by atoms with Crippen LogP contribution in [0.2, 0.25) is 0 Å². The third kappa shape index (κ3) is 6.68. The van der Waals surface area contributed by atoms with E-state index >= 15 is 0 Å². The molecule has 9 nitrogen and oxygen atoms in total. The number of benzene rings is 1. The van der Waals surface area contributed by atoms with Crippen LogP contribution in [-0.4, -0.2) is 23.2 Å². The minimum atomic E-state index is 0.00909. The SMILES string of the molecule is CCCCCC(=O)Nc1ccc(N(N)/C(=N\N)Sc2ncc(NOC)s2)cc1. The average Bonchev–Trinajstić information content (AvgIpc) is 3.14. The molecule has 11 heteroatoms. The van der Waals surface area contributed by atoms with Crippen molar-refractivity contribution in [3.05, 3.63) is 30.5 Å². The first-order valence-electron chi connectivity index (χ1n) is 8.72. The third-order valence-electron chi connectivity index (χ3n) is 3.62.